The highest BCUT2D eigenvalue weighted by atomic mass is 16.5. The Balaban J connectivity index is 3.02. The number of hydrogen-bond acceptors (Lipinski definition) is 4. The summed E-state index contributed by atoms with van der Waals surface area (Å²) in [5.41, 5.74) is 5.40. The third kappa shape index (κ3) is 3.13. The Morgan fingerprint density at radius 1 is 1.39 bits per heavy atom. The van der Waals surface area contributed by atoms with E-state index in [4.69, 9.17) is 20.3 Å². The first-order valence-corrected chi connectivity index (χ1v) is 5.36. The molecule has 1 amide bonds. The van der Waals surface area contributed by atoms with Crippen LogP contribution in [0.2, 0.25) is 0 Å². The highest BCUT2D eigenvalue weighted by Gasteiger charge is 2.19. The summed E-state index contributed by atoms with van der Waals surface area (Å²) in [6, 6.07) is 4.32. The third-order valence-corrected chi connectivity index (χ3v) is 2.36. The lowest BCUT2D eigenvalue weighted by atomic mass is 10.2. The summed E-state index contributed by atoms with van der Waals surface area (Å²) >= 11 is 0. The molecule has 1 unspecified atom stereocenters. The number of primary amides is 1. The molecule has 0 saturated heterocycles. The fraction of sp³-hybridized carbons (Fsp3) is 0.333. The Morgan fingerprint density at radius 2 is 2.06 bits per heavy atom. The van der Waals surface area contributed by atoms with E-state index in [-0.39, 0.29) is 17.1 Å². The standard InChI is InChI=1S/C12H15NO5/c1-3-8(12(15)16)18-9-5-4-7(11(13)14)6-10(9)17-2/h4-6,8H,3H2,1-2H3,(H2,13,14)(H,15,16). The van der Waals surface area contributed by atoms with E-state index in [1.165, 1.54) is 25.3 Å². The average molecular weight is 253 g/mol. The molecule has 0 spiro atoms. The number of amides is 1. The van der Waals surface area contributed by atoms with Crippen LogP contribution in [0.3, 0.4) is 0 Å². The van der Waals surface area contributed by atoms with E-state index in [2.05, 4.69) is 0 Å². The minimum absolute atomic E-state index is 0.261. The quantitative estimate of drug-likeness (QED) is 0.789. The zero-order chi connectivity index (χ0) is 13.7. The Labute approximate surface area is 104 Å². The van der Waals surface area contributed by atoms with Gasteiger partial charge in [-0.05, 0) is 24.6 Å². The van der Waals surface area contributed by atoms with Crippen molar-refractivity contribution in [2.75, 3.05) is 7.11 Å². The van der Waals surface area contributed by atoms with Crippen molar-refractivity contribution in [3.63, 3.8) is 0 Å². The normalized spacial score (nSPS) is 11.7. The number of hydrogen-bond donors (Lipinski definition) is 2. The van der Waals surface area contributed by atoms with Crippen molar-refractivity contribution in [3.05, 3.63) is 23.8 Å². The Morgan fingerprint density at radius 3 is 2.50 bits per heavy atom. The van der Waals surface area contributed by atoms with E-state index in [1.54, 1.807) is 6.92 Å². The number of carbonyl (C=O) groups excluding carboxylic acids is 1. The van der Waals surface area contributed by atoms with Gasteiger partial charge in [0.1, 0.15) is 0 Å². The zero-order valence-electron chi connectivity index (χ0n) is 10.2. The maximum absolute atomic E-state index is 11.0. The molecule has 98 valence electrons. The zero-order valence-corrected chi connectivity index (χ0v) is 10.2. The molecular formula is C12H15NO5. The summed E-state index contributed by atoms with van der Waals surface area (Å²) in [7, 11) is 1.40. The molecule has 3 N–H and O–H groups in total. The molecule has 0 fully saturated rings. The Hall–Kier alpha value is -2.24. The van der Waals surface area contributed by atoms with Crippen LogP contribution in [0.4, 0.5) is 0 Å². The van der Waals surface area contributed by atoms with Crippen molar-refractivity contribution in [2.24, 2.45) is 5.73 Å². The second kappa shape index (κ2) is 5.90. The van der Waals surface area contributed by atoms with E-state index >= 15 is 0 Å². The summed E-state index contributed by atoms with van der Waals surface area (Å²) in [6.45, 7) is 1.70. The molecule has 0 saturated carbocycles. The number of ether oxygens (including phenoxy) is 2. The predicted molar refractivity (Wildman–Crippen MR) is 63.9 cm³/mol. The first-order valence-electron chi connectivity index (χ1n) is 5.36. The molecular weight excluding hydrogens is 238 g/mol. The van der Waals surface area contributed by atoms with Gasteiger partial charge < -0.3 is 20.3 Å². The molecule has 0 bridgehead atoms. The summed E-state index contributed by atoms with van der Waals surface area (Å²) in [4.78, 5) is 21.9. The molecule has 6 nitrogen and oxygen atoms in total. The second-order valence-corrected chi connectivity index (χ2v) is 3.58. The summed E-state index contributed by atoms with van der Waals surface area (Å²) < 4.78 is 10.3. The minimum Gasteiger partial charge on any atom is -0.493 e. The van der Waals surface area contributed by atoms with Gasteiger partial charge in [0.05, 0.1) is 7.11 Å². The van der Waals surface area contributed by atoms with Crippen LogP contribution in [0.25, 0.3) is 0 Å². The first-order chi connectivity index (χ1) is 8.49. The maximum atomic E-state index is 11.0. The lowest BCUT2D eigenvalue weighted by Gasteiger charge is -2.16. The first kappa shape index (κ1) is 13.8. The second-order valence-electron chi connectivity index (χ2n) is 3.58. The van der Waals surface area contributed by atoms with Gasteiger partial charge >= 0.3 is 5.97 Å². The smallest absolute Gasteiger partial charge is 0.344 e. The minimum atomic E-state index is -1.06. The fourth-order valence-electron chi connectivity index (χ4n) is 1.38. The van der Waals surface area contributed by atoms with Crippen molar-refractivity contribution in [1.29, 1.82) is 0 Å². The van der Waals surface area contributed by atoms with Gasteiger partial charge in [-0.15, -0.1) is 0 Å². The Bertz CT molecular complexity index is 458. The molecule has 1 aromatic carbocycles. The van der Waals surface area contributed by atoms with E-state index in [9.17, 15) is 9.59 Å². The number of nitrogens with two attached hydrogens (primary N) is 1. The number of carbonyl (C=O) groups is 2. The number of carboxylic acid groups (broad SMARTS) is 1. The number of methoxy groups -OCH3 is 1. The van der Waals surface area contributed by atoms with Gasteiger partial charge in [0.25, 0.3) is 0 Å². The van der Waals surface area contributed by atoms with Crippen LogP contribution in [0.15, 0.2) is 18.2 Å². The van der Waals surface area contributed by atoms with E-state index in [0.29, 0.717) is 6.42 Å². The van der Waals surface area contributed by atoms with Gasteiger partial charge in [-0.25, -0.2) is 4.79 Å². The largest absolute Gasteiger partial charge is 0.493 e. The third-order valence-electron chi connectivity index (χ3n) is 2.36. The fourth-order valence-corrected chi connectivity index (χ4v) is 1.38. The number of carboxylic acids is 1. The van der Waals surface area contributed by atoms with E-state index < -0.39 is 18.0 Å². The van der Waals surface area contributed by atoms with Crippen LogP contribution in [0, 0.1) is 0 Å². The summed E-state index contributed by atoms with van der Waals surface area (Å²) in [5.74, 6) is -1.12. The van der Waals surface area contributed by atoms with Crippen LogP contribution < -0.4 is 15.2 Å². The van der Waals surface area contributed by atoms with Gasteiger partial charge in [-0.1, -0.05) is 6.92 Å². The molecule has 0 heterocycles. The number of rotatable bonds is 6. The molecule has 1 atom stereocenters. The highest BCUT2D eigenvalue weighted by Crippen LogP contribution is 2.29. The van der Waals surface area contributed by atoms with Gasteiger partial charge in [0.2, 0.25) is 5.91 Å². The van der Waals surface area contributed by atoms with Crippen LogP contribution in [0.1, 0.15) is 23.7 Å². The molecule has 0 aromatic heterocycles. The topological polar surface area (TPSA) is 98.9 Å². The lowest BCUT2D eigenvalue weighted by molar-refractivity contribution is -0.145. The molecule has 0 aliphatic rings. The lowest BCUT2D eigenvalue weighted by Crippen LogP contribution is -2.26. The molecule has 6 heteroatoms. The SMILES string of the molecule is CCC(Oc1ccc(C(N)=O)cc1OC)C(=O)O. The van der Waals surface area contributed by atoms with Crippen molar-refractivity contribution in [3.8, 4) is 11.5 Å². The van der Waals surface area contributed by atoms with E-state index in [1.807, 2.05) is 0 Å². The van der Waals surface area contributed by atoms with E-state index in [0.717, 1.165) is 0 Å². The number of benzene rings is 1. The van der Waals surface area contributed by atoms with Crippen LogP contribution in [0.5, 0.6) is 11.5 Å². The Kier molecular flexibility index (Phi) is 4.53. The van der Waals surface area contributed by atoms with Gasteiger partial charge in [-0.3, -0.25) is 4.79 Å². The molecule has 0 radical (unpaired) electrons. The molecule has 18 heavy (non-hydrogen) atoms. The average Bonchev–Trinajstić information content (AvgIpc) is 2.35. The van der Waals surface area contributed by atoms with Gasteiger partial charge in [0, 0.05) is 5.56 Å². The molecule has 1 rings (SSSR count). The molecule has 0 aliphatic heterocycles. The predicted octanol–water partition coefficient (Wildman–Crippen LogP) is 1.04. The van der Waals surface area contributed by atoms with Crippen LogP contribution >= 0.6 is 0 Å². The van der Waals surface area contributed by atoms with Crippen molar-refractivity contribution in [1.82, 2.24) is 0 Å². The van der Waals surface area contributed by atoms with Gasteiger partial charge in [-0.2, -0.15) is 0 Å². The maximum Gasteiger partial charge on any atom is 0.344 e. The summed E-state index contributed by atoms with van der Waals surface area (Å²) in [6.07, 6.45) is -0.644. The monoisotopic (exact) mass is 253 g/mol. The van der Waals surface area contributed by atoms with Crippen LogP contribution in [-0.2, 0) is 4.79 Å². The van der Waals surface area contributed by atoms with Crippen molar-refractivity contribution < 1.29 is 24.2 Å². The molecule has 0 aliphatic carbocycles. The molecule has 1 aromatic rings. The van der Waals surface area contributed by atoms with Gasteiger partial charge in [0.15, 0.2) is 17.6 Å². The van der Waals surface area contributed by atoms with Crippen molar-refractivity contribution in [2.45, 2.75) is 19.4 Å². The van der Waals surface area contributed by atoms with Crippen molar-refractivity contribution >= 4 is 11.9 Å². The van der Waals surface area contributed by atoms with Crippen LogP contribution in [-0.4, -0.2) is 30.2 Å². The summed E-state index contributed by atoms with van der Waals surface area (Å²) in [5, 5.41) is 8.90. The number of aliphatic carboxylic acids is 1. The highest BCUT2D eigenvalue weighted by molar-refractivity contribution is 5.93.